The first-order valence-corrected chi connectivity index (χ1v) is 7.81. The number of hydrogen-bond acceptors (Lipinski definition) is 5. The molecule has 1 aliphatic carbocycles. The second kappa shape index (κ2) is 7.01. The zero-order chi connectivity index (χ0) is 13.7. The molecule has 1 aromatic rings. The van der Waals surface area contributed by atoms with Gasteiger partial charge in [-0.15, -0.1) is 11.3 Å². The van der Waals surface area contributed by atoms with Crippen LogP contribution in [0.15, 0.2) is 5.38 Å². The van der Waals surface area contributed by atoms with Gasteiger partial charge in [-0.1, -0.05) is 19.3 Å². The van der Waals surface area contributed by atoms with Crippen molar-refractivity contribution in [2.24, 2.45) is 5.92 Å². The van der Waals surface area contributed by atoms with E-state index in [2.05, 4.69) is 15.7 Å². The van der Waals surface area contributed by atoms with Gasteiger partial charge in [0.15, 0.2) is 0 Å². The molecule has 2 rings (SSSR count). The summed E-state index contributed by atoms with van der Waals surface area (Å²) in [7, 11) is 1.48. The average Bonchev–Trinajstić information content (AvgIpc) is 2.69. The number of carbonyl (C=O) groups excluding carboxylic acids is 1. The van der Waals surface area contributed by atoms with E-state index >= 15 is 0 Å². The van der Waals surface area contributed by atoms with Crippen LogP contribution >= 0.6 is 11.3 Å². The Morgan fingerprint density at radius 2 is 2.26 bits per heavy atom. The molecule has 1 N–H and O–H groups in total. The van der Waals surface area contributed by atoms with Gasteiger partial charge in [0, 0.05) is 23.7 Å². The lowest BCUT2D eigenvalue weighted by Crippen LogP contribution is -2.39. The third-order valence-corrected chi connectivity index (χ3v) is 4.67. The molecule has 106 valence electrons. The zero-order valence-corrected chi connectivity index (χ0v) is 12.5. The highest BCUT2D eigenvalue weighted by Crippen LogP contribution is 2.25. The van der Waals surface area contributed by atoms with E-state index in [1.54, 1.807) is 11.3 Å². The summed E-state index contributed by atoms with van der Waals surface area (Å²) in [5, 5.41) is 6.65. The number of thiazole rings is 1. The molecule has 1 aromatic heterocycles. The Labute approximate surface area is 118 Å². The number of nitrogens with one attached hydrogen (secondary N) is 1. The Bertz CT molecular complexity index is 419. The van der Waals surface area contributed by atoms with Crippen molar-refractivity contribution >= 4 is 17.3 Å². The normalized spacial score (nSPS) is 23.9. The molecule has 2 atom stereocenters. The minimum absolute atomic E-state index is 0.00596. The molecule has 0 aliphatic heterocycles. The van der Waals surface area contributed by atoms with E-state index in [0.29, 0.717) is 0 Å². The van der Waals surface area contributed by atoms with Gasteiger partial charge in [0.05, 0.1) is 13.0 Å². The van der Waals surface area contributed by atoms with Crippen LogP contribution in [0.5, 0.6) is 0 Å². The van der Waals surface area contributed by atoms with Crippen LogP contribution in [0.2, 0.25) is 0 Å². The summed E-state index contributed by atoms with van der Waals surface area (Å²) in [6, 6.07) is 0.221. The van der Waals surface area contributed by atoms with E-state index < -0.39 is 0 Å². The largest absolute Gasteiger partial charge is 0.469 e. The summed E-state index contributed by atoms with van der Waals surface area (Å²) in [5.41, 5.74) is 1.06. The second-order valence-corrected chi connectivity index (χ2v) is 6.08. The first kappa shape index (κ1) is 14.5. The summed E-state index contributed by atoms with van der Waals surface area (Å²) < 4.78 is 4.94. The van der Waals surface area contributed by atoms with Gasteiger partial charge in [-0.05, 0) is 19.8 Å². The number of ether oxygens (including phenoxy) is 1. The quantitative estimate of drug-likeness (QED) is 0.681. The Hall–Kier alpha value is -0.940. The molecule has 1 saturated carbocycles. The predicted octanol–water partition coefficient (Wildman–Crippen LogP) is 2.66. The lowest BCUT2D eigenvalue weighted by Gasteiger charge is -2.23. The lowest BCUT2D eigenvalue weighted by molar-refractivity contribution is -0.146. The van der Waals surface area contributed by atoms with E-state index in [-0.39, 0.29) is 17.9 Å². The topological polar surface area (TPSA) is 51.2 Å². The maximum Gasteiger partial charge on any atom is 0.310 e. The number of methoxy groups -OCH3 is 1. The van der Waals surface area contributed by atoms with Crippen LogP contribution in [0, 0.1) is 12.8 Å². The van der Waals surface area contributed by atoms with Crippen molar-refractivity contribution in [3.8, 4) is 0 Å². The fourth-order valence-electron chi connectivity index (χ4n) is 2.69. The van der Waals surface area contributed by atoms with Crippen LogP contribution in [0.3, 0.4) is 0 Å². The Morgan fingerprint density at radius 1 is 1.47 bits per heavy atom. The third kappa shape index (κ3) is 4.01. The lowest BCUT2D eigenvalue weighted by atomic mass is 9.95. The molecule has 0 aromatic carbocycles. The number of aromatic nitrogens is 1. The molecule has 1 fully saturated rings. The molecular formula is C14H22N2O2S. The van der Waals surface area contributed by atoms with Crippen molar-refractivity contribution in [1.82, 2.24) is 10.3 Å². The monoisotopic (exact) mass is 282 g/mol. The SMILES string of the molecule is COC(=O)C1CCCCCC1NCc1nc(C)cs1. The Balaban J connectivity index is 1.95. The maximum absolute atomic E-state index is 11.9. The number of hydrogen-bond donors (Lipinski definition) is 1. The van der Waals surface area contributed by atoms with Gasteiger partial charge in [-0.2, -0.15) is 0 Å². The highest BCUT2D eigenvalue weighted by atomic mass is 32.1. The van der Waals surface area contributed by atoms with Crippen LogP contribution in [0.1, 0.15) is 42.8 Å². The number of esters is 1. The predicted molar refractivity (Wildman–Crippen MR) is 76.1 cm³/mol. The molecule has 0 saturated heterocycles. The van der Waals surface area contributed by atoms with E-state index in [4.69, 9.17) is 4.74 Å². The summed E-state index contributed by atoms with van der Waals surface area (Å²) in [6.45, 7) is 2.75. The Morgan fingerprint density at radius 3 is 2.95 bits per heavy atom. The highest BCUT2D eigenvalue weighted by molar-refractivity contribution is 7.09. The van der Waals surface area contributed by atoms with Crippen LogP contribution in [0.4, 0.5) is 0 Å². The summed E-state index contributed by atoms with van der Waals surface area (Å²) >= 11 is 1.67. The fraction of sp³-hybridized carbons (Fsp3) is 0.714. The molecule has 0 spiro atoms. The van der Waals surface area contributed by atoms with Gasteiger partial charge in [-0.3, -0.25) is 4.79 Å². The summed E-state index contributed by atoms with van der Waals surface area (Å²) in [5.74, 6) is -0.0803. The smallest absolute Gasteiger partial charge is 0.310 e. The van der Waals surface area contributed by atoms with Crippen LogP contribution in [0.25, 0.3) is 0 Å². The van der Waals surface area contributed by atoms with Crippen molar-refractivity contribution in [1.29, 1.82) is 0 Å². The fourth-order valence-corrected chi connectivity index (χ4v) is 3.41. The van der Waals surface area contributed by atoms with E-state index in [0.717, 1.165) is 36.5 Å². The molecule has 2 unspecified atom stereocenters. The minimum Gasteiger partial charge on any atom is -0.469 e. The Kier molecular flexibility index (Phi) is 5.34. The average molecular weight is 282 g/mol. The zero-order valence-electron chi connectivity index (χ0n) is 11.6. The summed E-state index contributed by atoms with van der Waals surface area (Å²) in [6.07, 6.45) is 5.49. The van der Waals surface area contributed by atoms with Gasteiger partial charge in [0.25, 0.3) is 0 Å². The molecule has 19 heavy (non-hydrogen) atoms. The third-order valence-electron chi connectivity index (χ3n) is 3.70. The van der Waals surface area contributed by atoms with E-state index in [9.17, 15) is 4.79 Å². The molecule has 4 nitrogen and oxygen atoms in total. The molecule has 5 heteroatoms. The molecular weight excluding hydrogens is 260 g/mol. The van der Waals surface area contributed by atoms with Gasteiger partial charge >= 0.3 is 5.97 Å². The number of rotatable bonds is 4. The number of nitrogens with zero attached hydrogens (tertiary/aromatic N) is 1. The maximum atomic E-state index is 11.9. The van der Waals surface area contributed by atoms with Crippen LogP contribution < -0.4 is 5.32 Å². The molecule has 0 radical (unpaired) electrons. The standard InChI is InChI=1S/C14H22N2O2S/c1-10-9-19-13(16-10)8-15-12-7-5-3-4-6-11(12)14(17)18-2/h9,11-12,15H,3-8H2,1-2H3. The summed E-state index contributed by atoms with van der Waals surface area (Å²) in [4.78, 5) is 16.3. The van der Waals surface area contributed by atoms with Crippen molar-refractivity contribution < 1.29 is 9.53 Å². The van der Waals surface area contributed by atoms with Crippen molar-refractivity contribution in [3.63, 3.8) is 0 Å². The first-order chi connectivity index (χ1) is 9.20. The van der Waals surface area contributed by atoms with Gasteiger partial charge in [-0.25, -0.2) is 4.98 Å². The van der Waals surface area contributed by atoms with Crippen LogP contribution in [-0.2, 0) is 16.1 Å². The van der Waals surface area contributed by atoms with Crippen molar-refractivity contribution in [3.05, 3.63) is 16.1 Å². The molecule has 1 heterocycles. The van der Waals surface area contributed by atoms with E-state index in [1.165, 1.54) is 20.0 Å². The number of carbonyl (C=O) groups is 1. The van der Waals surface area contributed by atoms with E-state index in [1.807, 2.05) is 6.92 Å². The highest BCUT2D eigenvalue weighted by Gasteiger charge is 2.30. The van der Waals surface area contributed by atoms with Gasteiger partial charge in [0.1, 0.15) is 5.01 Å². The first-order valence-electron chi connectivity index (χ1n) is 6.93. The van der Waals surface area contributed by atoms with Gasteiger partial charge < -0.3 is 10.1 Å². The van der Waals surface area contributed by atoms with Crippen LogP contribution in [-0.4, -0.2) is 24.1 Å². The minimum atomic E-state index is -0.0743. The van der Waals surface area contributed by atoms with Crippen molar-refractivity contribution in [2.45, 2.75) is 51.6 Å². The molecule has 0 amide bonds. The van der Waals surface area contributed by atoms with Gasteiger partial charge in [0.2, 0.25) is 0 Å². The number of aryl methyl sites for hydroxylation is 1. The molecule has 1 aliphatic rings. The molecule has 0 bridgehead atoms. The van der Waals surface area contributed by atoms with Crippen molar-refractivity contribution in [2.75, 3.05) is 7.11 Å². The second-order valence-electron chi connectivity index (χ2n) is 5.14.